The summed E-state index contributed by atoms with van der Waals surface area (Å²) in [5.74, 6) is 2.58. The molecule has 0 aromatic rings. The molecule has 2 aliphatic rings. The molecule has 2 heterocycles. The van der Waals surface area contributed by atoms with Crippen molar-refractivity contribution in [2.45, 2.75) is 25.3 Å². The minimum Gasteiger partial charge on any atom is -0.341 e. The highest BCUT2D eigenvalue weighted by Crippen LogP contribution is 2.14. The molecule has 4 heteroatoms. The van der Waals surface area contributed by atoms with Crippen LogP contribution in [0.15, 0.2) is 0 Å². The van der Waals surface area contributed by atoms with E-state index in [9.17, 15) is 4.79 Å². The lowest BCUT2D eigenvalue weighted by Gasteiger charge is -2.27. The summed E-state index contributed by atoms with van der Waals surface area (Å²) in [5, 5.41) is 3.37. The lowest BCUT2D eigenvalue weighted by Crippen LogP contribution is -2.40. The lowest BCUT2D eigenvalue weighted by atomic mass is 10.1. The maximum atomic E-state index is 11.8. The number of nitrogens with zero attached hydrogens (tertiary/aromatic N) is 1. The summed E-state index contributed by atoms with van der Waals surface area (Å²) >= 11 is 1.95. The van der Waals surface area contributed by atoms with Crippen molar-refractivity contribution in [1.29, 1.82) is 0 Å². The van der Waals surface area contributed by atoms with Crippen LogP contribution in [-0.4, -0.2) is 48.0 Å². The Labute approximate surface area is 89.6 Å². The van der Waals surface area contributed by atoms with Gasteiger partial charge < -0.3 is 10.2 Å². The number of hydrogen-bond acceptors (Lipinski definition) is 3. The Morgan fingerprint density at radius 3 is 2.86 bits per heavy atom. The van der Waals surface area contributed by atoms with Gasteiger partial charge in [0.1, 0.15) is 0 Å². The largest absolute Gasteiger partial charge is 0.341 e. The van der Waals surface area contributed by atoms with Gasteiger partial charge in [0.15, 0.2) is 0 Å². The highest BCUT2D eigenvalue weighted by atomic mass is 32.2. The van der Waals surface area contributed by atoms with E-state index in [-0.39, 0.29) is 0 Å². The van der Waals surface area contributed by atoms with Gasteiger partial charge in [-0.3, -0.25) is 4.79 Å². The SMILES string of the molecule is O=C(CC1CCCN1)N1CCSCC1. The van der Waals surface area contributed by atoms with Gasteiger partial charge in [0.25, 0.3) is 0 Å². The third-order valence-electron chi connectivity index (χ3n) is 2.95. The molecule has 0 radical (unpaired) electrons. The van der Waals surface area contributed by atoms with Crippen LogP contribution in [-0.2, 0) is 4.79 Å². The second kappa shape index (κ2) is 5.03. The van der Waals surface area contributed by atoms with E-state index in [2.05, 4.69) is 5.32 Å². The van der Waals surface area contributed by atoms with Crippen molar-refractivity contribution in [3.63, 3.8) is 0 Å². The van der Waals surface area contributed by atoms with Crippen LogP contribution >= 0.6 is 11.8 Å². The van der Waals surface area contributed by atoms with Gasteiger partial charge in [-0.1, -0.05) is 0 Å². The summed E-state index contributed by atoms with van der Waals surface area (Å²) in [7, 11) is 0. The maximum Gasteiger partial charge on any atom is 0.224 e. The minimum atomic E-state index is 0.352. The van der Waals surface area contributed by atoms with E-state index in [0.29, 0.717) is 18.4 Å². The van der Waals surface area contributed by atoms with Crippen LogP contribution in [0, 0.1) is 0 Å². The van der Waals surface area contributed by atoms with Crippen molar-refractivity contribution in [3.05, 3.63) is 0 Å². The normalized spacial score (nSPS) is 28.0. The number of rotatable bonds is 2. The summed E-state index contributed by atoms with van der Waals surface area (Å²) in [5.41, 5.74) is 0. The van der Waals surface area contributed by atoms with E-state index >= 15 is 0 Å². The Bertz CT molecular complexity index is 198. The number of thioether (sulfide) groups is 1. The lowest BCUT2D eigenvalue weighted by molar-refractivity contribution is -0.131. The van der Waals surface area contributed by atoms with Gasteiger partial charge in [-0.2, -0.15) is 11.8 Å². The predicted molar refractivity (Wildman–Crippen MR) is 59.5 cm³/mol. The van der Waals surface area contributed by atoms with Crippen molar-refractivity contribution in [3.8, 4) is 0 Å². The Kier molecular flexibility index (Phi) is 3.70. The van der Waals surface area contributed by atoms with Crippen molar-refractivity contribution in [2.24, 2.45) is 0 Å². The highest BCUT2D eigenvalue weighted by Gasteiger charge is 2.22. The molecule has 1 N–H and O–H groups in total. The summed E-state index contributed by atoms with van der Waals surface area (Å²) in [4.78, 5) is 13.9. The quantitative estimate of drug-likeness (QED) is 0.734. The molecule has 0 saturated carbocycles. The number of amides is 1. The first kappa shape index (κ1) is 10.3. The zero-order chi connectivity index (χ0) is 9.80. The minimum absolute atomic E-state index is 0.352. The first-order valence-corrected chi connectivity index (χ1v) is 6.60. The zero-order valence-electron chi connectivity index (χ0n) is 8.50. The van der Waals surface area contributed by atoms with Crippen LogP contribution < -0.4 is 5.32 Å². The summed E-state index contributed by atoms with van der Waals surface area (Å²) < 4.78 is 0. The number of hydrogen-bond donors (Lipinski definition) is 1. The van der Waals surface area contributed by atoms with Gasteiger partial charge in [0.2, 0.25) is 5.91 Å². The third-order valence-corrected chi connectivity index (χ3v) is 3.89. The molecule has 0 aromatic carbocycles. The summed E-state index contributed by atoms with van der Waals surface area (Å²) in [6, 6.07) is 0.456. The topological polar surface area (TPSA) is 32.3 Å². The number of carbonyl (C=O) groups excluding carboxylic acids is 1. The van der Waals surface area contributed by atoms with Crippen molar-refractivity contribution in [1.82, 2.24) is 10.2 Å². The molecular weight excluding hydrogens is 196 g/mol. The Morgan fingerprint density at radius 1 is 1.43 bits per heavy atom. The molecule has 0 spiro atoms. The zero-order valence-corrected chi connectivity index (χ0v) is 9.31. The monoisotopic (exact) mass is 214 g/mol. The molecule has 1 atom stereocenters. The van der Waals surface area contributed by atoms with E-state index in [0.717, 1.165) is 31.1 Å². The Hall–Kier alpha value is -0.220. The second-order valence-corrected chi connectivity index (χ2v) is 5.22. The number of nitrogens with one attached hydrogen (secondary N) is 1. The molecule has 2 fully saturated rings. The molecule has 1 amide bonds. The molecule has 0 aromatic heterocycles. The van der Waals surface area contributed by atoms with Gasteiger partial charge in [-0.25, -0.2) is 0 Å². The van der Waals surface area contributed by atoms with E-state index in [1.165, 1.54) is 12.8 Å². The maximum absolute atomic E-state index is 11.8. The molecule has 0 aliphatic carbocycles. The van der Waals surface area contributed by atoms with Crippen LogP contribution in [0.1, 0.15) is 19.3 Å². The van der Waals surface area contributed by atoms with Crippen molar-refractivity contribution < 1.29 is 4.79 Å². The third kappa shape index (κ3) is 2.64. The molecule has 1 unspecified atom stereocenters. The van der Waals surface area contributed by atoms with Gasteiger partial charge in [-0.15, -0.1) is 0 Å². The van der Waals surface area contributed by atoms with Crippen molar-refractivity contribution in [2.75, 3.05) is 31.1 Å². The standard InChI is InChI=1S/C10H18N2OS/c13-10(8-9-2-1-3-11-9)12-4-6-14-7-5-12/h9,11H,1-8H2. The number of carbonyl (C=O) groups is 1. The van der Waals surface area contributed by atoms with Crippen LogP contribution in [0.5, 0.6) is 0 Å². The molecule has 80 valence electrons. The Morgan fingerprint density at radius 2 is 2.21 bits per heavy atom. The summed E-state index contributed by atoms with van der Waals surface area (Å²) in [6.45, 7) is 3.00. The first-order chi connectivity index (χ1) is 6.86. The van der Waals surface area contributed by atoms with Gasteiger partial charge in [0, 0.05) is 37.1 Å². The molecule has 3 nitrogen and oxygen atoms in total. The van der Waals surface area contributed by atoms with Crippen LogP contribution in [0.25, 0.3) is 0 Å². The van der Waals surface area contributed by atoms with E-state index in [1.807, 2.05) is 16.7 Å². The highest BCUT2D eigenvalue weighted by molar-refractivity contribution is 7.99. The fourth-order valence-corrected chi connectivity index (χ4v) is 2.99. The predicted octanol–water partition coefficient (Wildman–Crippen LogP) is 0.704. The Balaban J connectivity index is 1.75. The van der Waals surface area contributed by atoms with E-state index < -0.39 is 0 Å². The molecule has 14 heavy (non-hydrogen) atoms. The van der Waals surface area contributed by atoms with Gasteiger partial charge in [-0.05, 0) is 19.4 Å². The average molecular weight is 214 g/mol. The average Bonchev–Trinajstić information content (AvgIpc) is 2.72. The van der Waals surface area contributed by atoms with Crippen LogP contribution in [0.3, 0.4) is 0 Å². The molecule has 2 rings (SSSR count). The first-order valence-electron chi connectivity index (χ1n) is 5.45. The van der Waals surface area contributed by atoms with Crippen molar-refractivity contribution >= 4 is 17.7 Å². The van der Waals surface area contributed by atoms with Crippen LogP contribution in [0.4, 0.5) is 0 Å². The summed E-state index contributed by atoms with van der Waals surface area (Å²) in [6.07, 6.45) is 3.12. The molecule has 0 bridgehead atoms. The van der Waals surface area contributed by atoms with Gasteiger partial charge >= 0.3 is 0 Å². The molecule has 2 aliphatic heterocycles. The van der Waals surface area contributed by atoms with E-state index in [4.69, 9.17) is 0 Å². The molecular formula is C10H18N2OS. The van der Waals surface area contributed by atoms with E-state index in [1.54, 1.807) is 0 Å². The molecule has 2 saturated heterocycles. The van der Waals surface area contributed by atoms with Gasteiger partial charge in [0.05, 0.1) is 0 Å². The van der Waals surface area contributed by atoms with Crippen LogP contribution in [0.2, 0.25) is 0 Å². The fraction of sp³-hybridized carbons (Fsp3) is 0.900. The second-order valence-electron chi connectivity index (χ2n) is 3.99. The fourth-order valence-electron chi connectivity index (χ4n) is 2.08. The smallest absolute Gasteiger partial charge is 0.224 e.